The van der Waals surface area contributed by atoms with Gasteiger partial charge in [0.05, 0.1) is 11.9 Å². The molecule has 2 amide bonds. The van der Waals surface area contributed by atoms with Gasteiger partial charge in [-0.1, -0.05) is 44.2 Å². The summed E-state index contributed by atoms with van der Waals surface area (Å²) in [5.74, 6) is -0.353. The third kappa shape index (κ3) is 4.82. The summed E-state index contributed by atoms with van der Waals surface area (Å²) in [4.78, 5) is 31.3. The monoisotopic (exact) mass is 362 g/mol. The quantitative estimate of drug-likeness (QED) is 0.587. The number of carbonyl (C=O) groups excluding carboxylic acids is 2. The van der Waals surface area contributed by atoms with Gasteiger partial charge in [-0.05, 0) is 17.7 Å². The standard InChI is InChI=1S/C21H22N4O2/c1-14(2)21(27)25-17-10-18-16(12-23-20(18)24-13-17)8-9-19(26)22-11-15-6-4-3-5-7-15/h3-10,12-14H,11H2,1-2H3,(H,22,26)(H,23,24)(H,25,27)/b9-8+. The lowest BCUT2D eigenvalue weighted by Crippen LogP contribution is -2.20. The van der Waals surface area contributed by atoms with E-state index in [0.717, 1.165) is 16.5 Å². The molecule has 0 aliphatic heterocycles. The van der Waals surface area contributed by atoms with Crippen LogP contribution in [0.2, 0.25) is 0 Å². The highest BCUT2D eigenvalue weighted by Crippen LogP contribution is 2.21. The van der Waals surface area contributed by atoms with E-state index in [1.54, 1.807) is 18.5 Å². The van der Waals surface area contributed by atoms with E-state index in [4.69, 9.17) is 0 Å². The van der Waals surface area contributed by atoms with Crippen molar-refractivity contribution < 1.29 is 9.59 Å². The van der Waals surface area contributed by atoms with Crippen LogP contribution in [-0.4, -0.2) is 21.8 Å². The fourth-order valence-corrected chi connectivity index (χ4v) is 2.53. The van der Waals surface area contributed by atoms with E-state index in [1.165, 1.54) is 6.08 Å². The van der Waals surface area contributed by atoms with Crippen LogP contribution in [0.4, 0.5) is 5.69 Å². The first-order chi connectivity index (χ1) is 13.0. The van der Waals surface area contributed by atoms with Crippen LogP contribution in [0, 0.1) is 5.92 Å². The summed E-state index contributed by atoms with van der Waals surface area (Å²) in [6, 6.07) is 11.6. The summed E-state index contributed by atoms with van der Waals surface area (Å²) in [6.07, 6.45) is 6.62. The third-order valence-corrected chi connectivity index (χ3v) is 4.08. The van der Waals surface area contributed by atoms with Gasteiger partial charge in [-0.3, -0.25) is 9.59 Å². The van der Waals surface area contributed by atoms with Crippen LogP contribution in [0.1, 0.15) is 25.0 Å². The van der Waals surface area contributed by atoms with Gasteiger partial charge in [0.1, 0.15) is 5.65 Å². The van der Waals surface area contributed by atoms with Crippen molar-refractivity contribution in [1.82, 2.24) is 15.3 Å². The molecule has 3 aromatic rings. The number of nitrogens with one attached hydrogen (secondary N) is 3. The number of aromatic nitrogens is 2. The SMILES string of the molecule is CC(C)C(=O)Nc1cnc2[nH]cc(/C=C/C(=O)NCc3ccccc3)c2c1. The third-order valence-electron chi connectivity index (χ3n) is 4.08. The van der Waals surface area contributed by atoms with Gasteiger partial charge in [0.15, 0.2) is 0 Å². The first kappa shape index (κ1) is 18.4. The number of benzene rings is 1. The Hall–Kier alpha value is -3.41. The van der Waals surface area contributed by atoms with Crippen molar-refractivity contribution >= 4 is 34.6 Å². The molecule has 138 valence electrons. The molecule has 0 radical (unpaired) electrons. The lowest BCUT2D eigenvalue weighted by atomic mass is 10.1. The van der Waals surface area contributed by atoms with Crippen LogP contribution in [0.3, 0.4) is 0 Å². The highest BCUT2D eigenvalue weighted by molar-refractivity contribution is 5.98. The molecular formula is C21H22N4O2. The molecule has 6 heteroatoms. The van der Waals surface area contributed by atoms with Gasteiger partial charge < -0.3 is 15.6 Å². The van der Waals surface area contributed by atoms with Crippen molar-refractivity contribution in [3.8, 4) is 0 Å². The molecule has 0 saturated heterocycles. The summed E-state index contributed by atoms with van der Waals surface area (Å²) in [5, 5.41) is 6.52. The second kappa shape index (κ2) is 8.31. The summed E-state index contributed by atoms with van der Waals surface area (Å²) >= 11 is 0. The maximum absolute atomic E-state index is 12.1. The molecule has 3 rings (SSSR count). The average molecular weight is 362 g/mol. The number of aromatic amines is 1. The first-order valence-electron chi connectivity index (χ1n) is 8.81. The van der Waals surface area contributed by atoms with E-state index in [0.29, 0.717) is 17.9 Å². The van der Waals surface area contributed by atoms with Gasteiger partial charge in [0, 0.05) is 35.7 Å². The number of amides is 2. The van der Waals surface area contributed by atoms with Crippen LogP contribution in [0.25, 0.3) is 17.1 Å². The fraction of sp³-hybridized carbons (Fsp3) is 0.190. The topological polar surface area (TPSA) is 86.9 Å². The second-order valence-corrected chi connectivity index (χ2v) is 6.54. The fourth-order valence-electron chi connectivity index (χ4n) is 2.53. The predicted octanol–water partition coefficient (Wildman–Crippen LogP) is 3.49. The molecule has 2 heterocycles. The zero-order chi connectivity index (χ0) is 19.2. The number of hydrogen-bond donors (Lipinski definition) is 3. The zero-order valence-corrected chi connectivity index (χ0v) is 15.3. The van der Waals surface area contributed by atoms with Crippen molar-refractivity contribution in [3.05, 3.63) is 66.0 Å². The van der Waals surface area contributed by atoms with E-state index in [9.17, 15) is 9.59 Å². The van der Waals surface area contributed by atoms with Crippen LogP contribution in [0.5, 0.6) is 0 Å². The number of nitrogens with zero attached hydrogens (tertiary/aromatic N) is 1. The van der Waals surface area contributed by atoms with Gasteiger partial charge in [0.25, 0.3) is 0 Å². The molecular weight excluding hydrogens is 340 g/mol. The highest BCUT2D eigenvalue weighted by atomic mass is 16.2. The lowest BCUT2D eigenvalue weighted by molar-refractivity contribution is -0.119. The molecule has 0 fully saturated rings. The van der Waals surface area contributed by atoms with Crippen molar-refractivity contribution in [1.29, 1.82) is 0 Å². The minimum Gasteiger partial charge on any atom is -0.348 e. The summed E-state index contributed by atoms with van der Waals surface area (Å²) in [7, 11) is 0. The van der Waals surface area contributed by atoms with Gasteiger partial charge >= 0.3 is 0 Å². The lowest BCUT2D eigenvalue weighted by Gasteiger charge is -2.07. The average Bonchev–Trinajstić information content (AvgIpc) is 3.07. The molecule has 0 saturated carbocycles. The number of pyridine rings is 1. The Bertz CT molecular complexity index is 974. The van der Waals surface area contributed by atoms with E-state index in [-0.39, 0.29) is 17.7 Å². The normalized spacial score (nSPS) is 11.2. The molecule has 2 aromatic heterocycles. The Labute approximate surface area is 157 Å². The number of fused-ring (bicyclic) bond motifs is 1. The molecule has 0 unspecified atom stereocenters. The van der Waals surface area contributed by atoms with Crippen LogP contribution in [0.15, 0.2) is 54.9 Å². The molecule has 6 nitrogen and oxygen atoms in total. The van der Waals surface area contributed by atoms with Crippen LogP contribution >= 0.6 is 0 Å². The number of anilines is 1. The summed E-state index contributed by atoms with van der Waals surface area (Å²) < 4.78 is 0. The predicted molar refractivity (Wildman–Crippen MR) is 107 cm³/mol. The molecule has 1 aromatic carbocycles. The van der Waals surface area contributed by atoms with Crippen molar-refractivity contribution in [3.63, 3.8) is 0 Å². The molecule has 0 bridgehead atoms. The Morgan fingerprint density at radius 3 is 2.74 bits per heavy atom. The maximum Gasteiger partial charge on any atom is 0.244 e. The summed E-state index contributed by atoms with van der Waals surface area (Å²) in [5.41, 5.74) is 3.19. The minimum absolute atomic E-state index is 0.0657. The Morgan fingerprint density at radius 1 is 1.22 bits per heavy atom. The molecule has 0 spiro atoms. The summed E-state index contributed by atoms with van der Waals surface area (Å²) in [6.45, 7) is 4.14. The van der Waals surface area contributed by atoms with Gasteiger partial charge in [-0.15, -0.1) is 0 Å². The van der Waals surface area contributed by atoms with E-state index >= 15 is 0 Å². The highest BCUT2D eigenvalue weighted by Gasteiger charge is 2.09. The number of hydrogen-bond acceptors (Lipinski definition) is 3. The Kier molecular flexibility index (Phi) is 5.66. The molecule has 3 N–H and O–H groups in total. The minimum atomic E-state index is -0.176. The maximum atomic E-state index is 12.1. The van der Waals surface area contributed by atoms with Gasteiger partial charge in [0.2, 0.25) is 11.8 Å². The largest absolute Gasteiger partial charge is 0.348 e. The van der Waals surface area contributed by atoms with Crippen molar-refractivity contribution in [2.45, 2.75) is 20.4 Å². The molecule has 0 aliphatic carbocycles. The van der Waals surface area contributed by atoms with E-state index in [2.05, 4.69) is 20.6 Å². The molecule has 0 atom stereocenters. The van der Waals surface area contributed by atoms with E-state index in [1.807, 2.05) is 50.2 Å². The Morgan fingerprint density at radius 2 is 2.00 bits per heavy atom. The van der Waals surface area contributed by atoms with E-state index < -0.39 is 0 Å². The van der Waals surface area contributed by atoms with Crippen molar-refractivity contribution in [2.75, 3.05) is 5.32 Å². The van der Waals surface area contributed by atoms with Gasteiger partial charge in [-0.25, -0.2) is 4.98 Å². The number of carbonyl (C=O) groups is 2. The number of H-pyrrole nitrogens is 1. The van der Waals surface area contributed by atoms with Gasteiger partial charge in [-0.2, -0.15) is 0 Å². The molecule has 0 aliphatic rings. The number of rotatable bonds is 6. The zero-order valence-electron chi connectivity index (χ0n) is 15.3. The first-order valence-corrected chi connectivity index (χ1v) is 8.81. The smallest absolute Gasteiger partial charge is 0.244 e. The van der Waals surface area contributed by atoms with Crippen molar-refractivity contribution in [2.24, 2.45) is 5.92 Å². The molecule has 27 heavy (non-hydrogen) atoms. The van der Waals surface area contributed by atoms with Crippen LogP contribution < -0.4 is 10.6 Å². The van der Waals surface area contributed by atoms with Crippen LogP contribution in [-0.2, 0) is 16.1 Å². The Balaban J connectivity index is 1.69. The second-order valence-electron chi connectivity index (χ2n) is 6.54.